The van der Waals surface area contributed by atoms with Gasteiger partial charge >= 0.3 is 0 Å². The Kier molecular flexibility index (Phi) is 2.09. The van der Waals surface area contributed by atoms with E-state index in [0.29, 0.717) is 0 Å². The second-order valence-corrected chi connectivity index (χ2v) is 2.69. The van der Waals surface area contributed by atoms with Crippen LogP contribution in [0.15, 0.2) is 0 Å². The van der Waals surface area contributed by atoms with Gasteiger partial charge in [-0.2, -0.15) is 0 Å². The Hall–Kier alpha value is -0.0800. The summed E-state index contributed by atoms with van der Waals surface area (Å²) in [7, 11) is 0. The van der Waals surface area contributed by atoms with E-state index in [-0.39, 0.29) is 18.3 Å². The minimum absolute atomic E-state index is 0.258. The fourth-order valence-electron chi connectivity index (χ4n) is 0.939. The Morgan fingerprint density at radius 3 is 2.22 bits per heavy atom. The van der Waals surface area contributed by atoms with E-state index in [1.54, 1.807) is 0 Å². The van der Waals surface area contributed by atoms with Gasteiger partial charge in [-0.25, -0.2) is 0 Å². The van der Waals surface area contributed by atoms with Crippen LogP contribution in [0.2, 0.25) is 0 Å². The zero-order chi connectivity index (χ0) is 6.85. The van der Waals surface area contributed by atoms with Crippen molar-refractivity contribution in [1.29, 1.82) is 0 Å². The topological polar surface area (TPSA) is 18.5 Å². The average molecular weight is 130 g/mol. The Morgan fingerprint density at radius 2 is 1.78 bits per heavy atom. The minimum atomic E-state index is 0.258. The summed E-state index contributed by atoms with van der Waals surface area (Å²) in [5.41, 5.74) is 0. The molecule has 1 rings (SSSR count). The average Bonchev–Trinajstić information content (AvgIpc) is 1.80. The molecule has 0 spiro atoms. The number of hydrogen-bond donors (Lipinski definition) is 0. The van der Waals surface area contributed by atoms with Crippen molar-refractivity contribution in [1.82, 2.24) is 0 Å². The fraction of sp³-hybridized carbons (Fsp3) is 1.00. The van der Waals surface area contributed by atoms with Crippen LogP contribution < -0.4 is 0 Å². The maximum absolute atomic E-state index is 5.47. The Labute approximate surface area is 56.2 Å². The molecule has 1 aliphatic heterocycles. The molecule has 2 heteroatoms. The summed E-state index contributed by atoms with van der Waals surface area (Å²) in [6, 6.07) is 0. The predicted molar refractivity (Wildman–Crippen MR) is 35.4 cm³/mol. The molecule has 0 aromatic carbocycles. The first-order chi connectivity index (χ1) is 4.20. The van der Waals surface area contributed by atoms with E-state index in [2.05, 4.69) is 0 Å². The van der Waals surface area contributed by atoms with Crippen molar-refractivity contribution in [2.75, 3.05) is 6.61 Å². The molecule has 0 aromatic rings. The first-order valence-corrected chi connectivity index (χ1v) is 3.47. The van der Waals surface area contributed by atoms with Crippen molar-refractivity contribution in [3.63, 3.8) is 0 Å². The van der Waals surface area contributed by atoms with E-state index >= 15 is 0 Å². The van der Waals surface area contributed by atoms with E-state index < -0.39 is 0 Å². The molecule has 0 bridgehead atoms. The lowest BCUT2D eigenvalue weighted by atomic mass is 10.2. The second kappa shape index (κ2) is 2.67. The summed E-state index contributed by atoms with van der Waals surface area (Å²) in [4.78, 5) is 0. The predicted octanol–water partition coefficient (Wildman–Crippen LogP) is 1.20. The monoisotopic (exact) mass is 130 g/mol. The molecule has 3 atom stereocenters. The molecule has 0 amide bonds. The van der Waals surface area contributed by atoms with Gasteiger partial charge in [-0.15, -0.1) is 0 Å². The van der Waals surface area contributed by atoms with Crippen LogP contribution in [0.4, 0.5) is 0 Å². The van der Waals surface area contributed by atoms with Crippen LogP contribution in [-0.2, 0) is 9.47 Å². The molecule has 0 saturated carbocycles. The summed E-state index contributed by atoms with van der Waals surface area (Å²) >= 11 is 0. The first kappa shape index (κ1) is 7.03. The lowest BCUT2D eigenvalue weighted by Crippen LogP contribution is -2.38. The van der Waals surface area contributed by atoms with Crippen LogP contribution in [0, 0.1) is 0 Å². The number of rotatable bonds is 0. The maximum atomic E-state index is 5.47. The van der Waals surface area contributed by atoms with Crippen molar-refractivity contribution in [2.45, 2.75) is 39.1 Å². The smallest absolute Gasteiger partial charge is 0.0810 e. The third kappa shape index (κ3) is 1.66. The third-order valence-corrected chi connectivity index (χ3v) is 1.70. The van der Waals surface area contributed by atoms with E-state index in [0.717, 1.165) is 6.61 Å². The van der Waals surface area contributed by atoms with Crippen LogP contribution in [0.3, 0.4) is 0 Å². The molecule has 3 unspecified atom stereocenters. The van der Waals surface area contributed by atoms with Crippen molar-refractivity contribution < 1.29 is 9.47 Å². The van der Waals surface area contributed by atoms with Gasteiger partial charge in [-0.05, 0) is 20.8 Å². The molecular weight excluding hydrogens is 116 g/mol. The molecule has 1 aliphatic rings. The lowest BCUT2D eigenvalue weighted by Gasteiger charge is -2.30. The fourth-order valence-corrected chi connectivity index (χ4v) is 0.939. The number of ether oxygens (including phenoxy) is 2. The standard InChI is InChI=1S/C7H14O2/c1-5-4-8-6(2)7(3)9-5/h5-7H,4H2,1-3H3. The Morgan fingerprint density at radius 1 is 1.11 bits per heavy atom. The van der Waals surface area contributed by atoms with Gasteiger partial charge in [0.25, 0.3) is 0 Å². The molecule has 9 heavy (non-hydrogen) atoms. The highest BCUT2D eigenvalue weighted by atomic mass is 16.6. The molecule has 0 N–H and O–H groups in total. The molecule has 0 radical (unpaired) electrons. The van der Waals surface area contributed by atoms with Crippen molar-refractivity contribution in [3.05, 3.63) is 0 Å². The van der Waals surface area contributed by atoms with Gasteiger partial charge in [0.15, 0.2) is 0 Å². The summed E-state index contributed by atoms with van der Waals surface area (Å²) in [5.74, 6) is 0. The van der Waals surface area contributed by atoms with E-state index in [1.807, 2.05) is 20.8 Å². The Balaban J connectivity index is 2.35. The minimum Gasteiger partial charge on any atom is -0.373 e. The molecule has 0 aliphatic carbocycles. The normalized spacial score (nSPS) is 45.0. The zero-order valence-electron chi connectivity index (χ0n) is 6.26. The summed E-state index contributed by atoms with van der Waals surface area (Å²) in [5, 5.41) is 0. The van der Waals surface area contributed by atoms with Crippen LogP contribution >= 0.6 is 0 Å². The Bertz CT molecular complexity index is 92.9. The van der Waals surface area contributed by atoms with Crippen LogP contribution in [0.1, 0.15) is 20.8 Å². The third-order valence-electron chi connectivity index (χ3n) is 1.70. The molecular formula is C7H14O2. The zero-order valence-corrected chi connectivity index (χ0v) is 6.26. The van der Waals surface area contributed by atoms with Gasteiger partial charge in [0.05, 0.1) is 24.9 Å². The molecule has 0 aromatic heterocycles. The van der Waals surface area contributed by atoms with Gasteiger partial charge in [0.2, 0.25) is 0 Å². The van der Waals surface area contributed by atoms with Crippen LogP contribution in [0.5, 0.6) is 0 Å². The van der Waals surface area contributed by atoms with E-state index in [9.17, 15) is 0 Å². The van der Waals surface area contributed by atoms with Gasteiger partial charge < -0.3 is 9.47 Å². The van der Waals surface area contributed by atoms with Crippen LogP contribution in [-0.4, -0.2) is 24.9 Å². The highest BCUT2D eigenvalue weighted by molar-refractivity contribution is 4.67. The molecule has 1 heterocycles. The van der Waals surface area contributed by atoms with Gasteiger partial charge in [0.1, 0.15) is 0 Å². The first-order valence-electron chi connectivity index (χ1n) is 3.47. The van der Waals surface area contributed by atoms with Gasteiger partial charge in [0, 0.05) is 0 Å². The second-order valence-electron chi connectivity index (χ2n) is 2.69. The summed E-state index contributed by atoms with van der Waals surface area (Å²) in [6.07, 6.45) is 0.797. The number of hydrogen-bond acceptors (Lipinski definition) is 2. The largest absolute Gasteiger partial charge is 0.373 e. The van der Waals surface area contributed by atoms with E-state index in [4.69, 9.17) is 9.47 Å². The summed E-state index contributed by atoms with van der Waals surface area (Å²) in [6.45, 7) is 6.85. The molecule has 1 saturated heterocycles. The van der Waals surface area contributed by atoms with Gasteiger partial charge in [-0.3, -0.25) is 0 Å². The highest BCUT2D eigenvalue weighted by Crippen LogP contribution is 2.12. The van der Waals surface area contributed by atoms with Gasteiger partial charge in [-0.1, -0.05) is 0 Å². The summed E-state index contributed by atoms with van der Waals surface area (Å²) < 4.78 is 10.9. The maximum Gasteiger partial charge on any atom is 0.0810 e. The lowest BCUT2D eigenvalue weighted by molar-refractivity contribution is -0.161. The van der Waals surface area contributed by atoms with Crippen molar-refractivity contribution in [3.8, 4) is 0 Å². The SMILES string of the molecule is CC1COC(C)C(C)O1. The molecule has 1 fully saturated rings. The van der Waals surface area contributed by atoms with E-state index in [1.165, 1.54) is 0 Å². The quantitative estimate of drug-likeness (QED) is 0.490. The van der Waals surface area contributed by atoms with Crippen molar-refractivity contribution >= 4 is 0 Å². The molecule has 54 valence electrons. The van der Waals surface area contributed by atoms with Crippen LogP contribution in [0.25, 0.3) is 0 Å². The molecule has 2 nitrogen and oxygen atoms in total. The van der Waals surface area contributed by atoms with Crippen molar-refractivity contribution in [2.24, 2.45) is 0 Å². The highest BCUT2D eigenvalue weighted by Gasteiger charge is 2.22.